The van der Waals surface area contributed by atoms with Gasteiger partial charge in [-0.05, 0) is 13.5 Å². The highest BCUT2D eigenvalue weighted by Crippen LogP contribution is 1.89. The number of rotatable bonds is 8. The molecule has 5 heteroatoms. The lowest BCUT2D eigenvalue weighted by molar-refractivity contribution is -0.121. The minimum absolute atomic E-state index is 0.0246. The van der Waals surface area contributed by atoms with Crippen LogP contribution < -0.4 is 10.6 Å². The highest BCUT2D eigenvalue weighted by Gasteiger charge is 2.07. The molecule has 0 fully saturated rings. The summed E-state index contributed by atoms with van der Waals surface area (Å²) >= 11 is 0. The highest BCUT2D eigenvalue weighted by molar-refractivity contribution is 7.84. The summed E-state index contributed by atoms with van der Waals surface area (Å²) in [6.07, 6.45) is 0.479. The van der Waals surface area contributed by atoms with Crippen molar-refractivity contribution >= 4 is 16.7 Å². The molecule has 0 rings (SSSR count). The standard InChI is InChI=1S/C10H22N2O2S/c1-4-11-9(3)8-10(13)12-6-7-15(14)5-2/h9,11H,4-8H2,1-3H3,(H,12,13). The predicted molar refractivity (Wildman–Crippen MR) is 64.3 cm³/mol. The predicted octanol–water partition coefficient (Wildman–Crippen LogP) is 0.259. The second-order valence-corrected chi connectivity index (χ2v) is 5.31. The molecule has 0 aromatic carbocycles. The number of hydrogen-bond acceptors (Lipinski definition) is 3. The van der Waals surface area contributed by atoms with Crippen molar-refractivity contribution in [2.75, 3.05) is 24.6 Å². The summed E-state index contributed by atoms with van der Waals surface area (Å²) < 4.78 is 11.1. The zero-order chi connectivity index (χ0) is 11.7. The summed E-state index contributed by atoms with van der Waals surface area (Å²) in [5, 5.41) is 5.93. The Morgan fingerprint density at radius 2 is 2.07 bits per heavy atom. The van der Waals surface area contributed by atoms with Gasteiger partial charge < -0.3 is 10.6 Å². The van der Waals surface area contributed by atoms with Crippen LogP contribution in [0.2, 0.25) is 0 Å². The molecule has 0 bridgehead atoms. The van der Waals surface area contributed by atoms with Crippen molar-refractivity contribution in [1.82, 2.24) is 10.6 Å². The quantitative estimate of drug-likeness (QED) is 0.633. The third kappa shape index (κ3) is 8.57. The maximum absolute atomic E-state index is 11.3. The van der Waals surface area contributed by atoms with Gasteiger partial charge in [0.15, 0.2) is 0 Å². The first-order valence-electron chi connectivity index (χ1n) is 5.45. The average molecular weight is 234 g/mol. The number of nitrogens with one attached hydrogen (secondary N) is 2. The minimum atomic E-state index is -0.790. The molecule has 0 aliphatic carbocycles. The first-order chi connectivity index (χ1) is 7.10. The molecule has 0 radical (unpaired) electrons. The van der Waals surface area contributed by atoms with Gasteiger partial charge in [0.1, 0.15) is 0 Å². The maximum Gasteiger partial charge on any atom is 0.221 e. The van der Waals surface area contributed by atoms with Crippen LogP contribution in [0, 0.1) is 0 Å². The van der Waals surface area contributed by atoms with Gasteiger partial charge in [-0.25, -0.2) is 0 Å². The lowest BCUT2D eigenvalue weighted by atomic mass is 10.2. The van der Waals surface area contributed by atoms with Crippen LogP contribution in [0.5, 0.6) is 0 Å². The van der Waals surface area contributed by atoms with Crippen LogP contribution in [-0.2, 0) is 15.6 Å². The molecule has 2 atom stereocenters. The van der Waals surface area contributed by atoms with E-state index in [1.807, 2.05) is 20.8 Å². The van der Waals surface area contributed by atoms with E-state index in [2.05, 4.69) is 10.6 Å². The molecule has 90 valence electrons. The Hall–Kier alpha value is -0.420. The van der Waals surface area contributed by atoms with E-state index in [0.29, 0.717) is 24.5 Å². The number of amides is 1. The second-order valence-electron chi connectivity index (χ2n) is 3.45. The van der Waals surface area contributed by atoms with Crippen LogP contribution in [0.3, 0.4) is 0 Å². The smallest absolute Gasteiger partial charge is 0.221 e. The molecule has 15 heavy (non-hydrogen) atoms. The minimum Gasteiger partial charge on any atom is -0.355 e. The maximum atomic E-state index is 11.3. The van der Waals surface area contributed by atoms with Crippen LogP contribution >= 0.6 is 0 Å². The monoisotopic (exact) mass is 234 g/mol. The fourth-order valence-corrected chi connectivity index (χ4v) is 1.84. The van der Waals surface area contributed by atoms with Crippen LogP contribution in [-0.4, -0.2) is 40.8 Å². The van der Waals surface area contributed by atoms with E-state index in [1.54, 1.807) is 0 Å². The van der Waals surface area contributed by atoms with Crippen molar-refractivity contribution in [3.8, 4) is 0 Å². The van der Waals surface area contributed by atoms with E-state index in [1.165, 1.54) is 0 Å². The Balaban J connectivity index is 3.53. The third-order valence-corrected chi connectivity index (χ3v) is 3.32. The van der Waals surface area contributed by atoms with E-state index < -0.39 is 10.8 Å². The van der Waals surface area contributed by atoms with Gasteiger partial charge in [-0.2, -0.15) is 0 Å². The lowest BCUT2D eigenvalue weighted by Gasteiger charge is -2.11. The van der Waals surface area contributed by atoms with Crippen molar-refractivity contribution < 1.29 is 9.00 Å². The molecule has 0 aromatic rings. The van der Waals surface area contributed by atoms with E-state index in [4.69, 9.17) is 0 Å². The summed E-state index contributed by atoms with van der Waals surface area (Å²) in [5.41, 5.74) is 0. The molecule has 0 aliphatic heterocycles. The SMILES string of the molecule is CCNC(C)CC(=O)NCCS(=O)CC. The number of carbonyl (C=O) groups is 1. The summed E-state index contributed by atoms with van der Waals surface area (Å²) in [5.74, 6) is 1.23. The Kier molecular flexibility index (Phi) is 8.61. The van der Waals surface area contributed by atoms with Gasteiger partial charge in [0.2, 0.25) is 5.91 Å². The topological polar surface area (TPSA) is 58.2 Å². The molecular weight excluding hydrogens is 212 g/mol. The highest BCUT2D eigenvalue weighted by atomic mass is 32.2. The Morgan fingerprint density at radius 3 is 2.60 bits per heavy atom. The molecule has 0 saturated heterocycles. The normalized spacial score (nSPS) is 14.6. The van der Waals surface area contributed by atoms with Gasteiger partial charge in [0.05, 0.1) is 0 Å². The Morgan fingerprint density at radius 1 is 1.40 bits per heavy atom. The summed E-state index contributed by atoms with van der Waals surface area (Å²) in [6.45, 7) is 7.25. The van der Waals surface area contributed by atoms with Crippen LogP contribution in [0.4, 0.5) is 0 Å². The van der Waals surface area contributed by atoms with Crippen LogP contribution in [0.25, 0.3) is 0 Å². The molecule has 0 spiro atoms. The molecule has 1 amide bonds. The van der Waals surface area contributed by atoms with Gasteiger partial charge >= 0.3 is 0 Å². The number of carbonyl (C=O) groups excluding carboxylic acids is 1. The average Bonchev–Trinajstić information content (AvgIpc) is 2.17. The van der Waals surface area contributed by atoms with Crippen molar-refractivity contribution in [2.24, 2.45) is 0 Å². The largest absolute Gasteiger partial charge is 0.355 e. The van der Waals surface area contributed by atoms with E-state index >= 15 is 0 Å². The zero-order valence-electron chi connectivity index (χ0n) is 9.84. The van der Waals surface area contributed by atoms with Crippen LogP contribution in [0.1, 0.15) is 27.2 Å². The first kappa shape index (κ1) is 14.6. The molecule has 0 aliphatic rings. The molecular formula is C10H22N2O2S. The summed E-state index contributed by atoms with van der Waals surface area (Å²) in [7, 11) is -0.790. The van der Waals surface area contributed by atoms with Gasteiger partial charge in [-0.3, -0.25) is 9.00 Å². The fourth-order valence-electron chi connectivity index (χ4n) is 1.22. The summed E-state index contributed by atoms with van der Waals surface area (Å²) in [4.78, 5) is 11.3. The van der Waals surface area contributed by atoms with Gasteiger partial charge in [-0.15, -0.1) is 0 Å². The van der Waals surface area contributed by atoms with Crippen molar-refractivity contribution in [2.45, 2.75) is 33.2 Å². The van der Waals surface area contributed by atoms with E-state index in [-0.39, 0.29) is 11.9 Å². The second kappa shape index (κ2) is 8.85. The molecule has 2 unspecified atom stereocenters. The molecule has 2 N–H and O–H groups in total. The fraction of sp³-hybridized carbons (Fsp3) is 0.900. The Labute approximate surface area is 94.7 Å². The molecule has 0 aromatic heterocycles. The lowest BCUT2D eigenvalue weighted by Crippen LogP contribution is -2.35. The molecule has 4 nitrogen and oxygen atoms in total. The molecule has 0 heterocycles. The van der Waals surface area contributed by atoms with Crippen molar-refractivity contribution in [3.63, 3.8) is 0 Å². The summed E-state index contributed by atoms with van der Waals surface area (Å²) in [6, 6.07) is 0.201. The third-order valence-electron chi connectivity index (χ3n) is 2.02. The molecule has 0 saturated carbocycles. The van der Waals surface area contributed by atoms with E-state index in [0.717, 1.165) is 6.54 Å². The van der Waals surface area contributed by atoms with E-state index in [9.17, 15) is 9.00 Å². The van der Waals surface area contributed by atoms with Crippen LogP contribution in [0.15, 0.2) is 0 Å². The van der Waals surface area contributed by atoms with Crippen molar-refractivity contribution in [3.05, 3.63) is 0 Å². The first-order valence-corrected chi connectivity index (χ1v) is 6.94. The van der Waals surface area contributed by atoms with Gasteiger partial charge in [0, 0.05) is 41.3 Å². The number of hydrogen-bond donors (Lipinski definition) is 2. The van der Waals surface area contributed by atoms with Crippen molar-refractivity contribution in [1.29, 1.82) is 0 Å². The van der Waals surface area contributed by atoms with Gasteiger partial charge in [0.25, 0.3) is 0 Å². The Bertz CT molecular complexity index is 210. The zero-order valence-corrected chi connectivity index (χ0v) is 10.7. The van der Waals surface area contributed by atoms with Gasteiger partial charge in [-0.1, -0.05) is 13.8 Å².